The Morgan fingerprint density at radius 1 is 1.29 bits per heavy atom. The number of rotatable bonds is 5. The molecule has 1 aromatic rings. The third-order valence-corrected chi connectivity index (χ3v) is 5.41. The molecule has 0 aliphatic carbocycles. The Hall–Kier alpha value is -1.74. The number of carbonyl (C=O) groups excluding carboxylic acids is 1. The Labute approximate surface area is 140 Å². The summed E-state index contributed by atoms with van der Waals surface area (Å²) in [5.74, 6) is -1.48. The summed E-state index contributed by atoms with van der Waals surface area (Å²) in [5, 5.41) is 2.40. The summed E-state index contributed by atoms with van der Waals surface area (Å²) in [4.78, 5) is 13.6. The van der Waals surface area contributed by atoms with E-state index in [1.807, 2.05) is 0 Å². The average molecular weight is 361 g/mol. The average Bonchev–Trinajstić information content (AvgIpc) is 2.50. The van der Waals surface area contributed by atoms with Gasteiger partial charge in [-0.1, -0.05) is 6.92 Å². The lowest BCUT2D eigenvalue weighted by Gasteiger charge is -2.32. The second kappa shape index (κ2) is 7.89. The van der Waals surface area contributed by atoms with E-state index in [9.17, 15) is 22.0 Å². The predicted molar refractivity (Wildman–Crippen MR) is 87.2 cm³/mol. The molecule has 1 aliphatic rings. The summed E-state index contributed by atoms with van der Waals surface area (Å²) in [6.45, 7) is 2.50. The monoisotopic (exact) mass is 361 g/mol. The molecule has 0 bridgehead atoms. The Kier molecular flexibility index (Phi) is 6.11. The van der Waals surface area contributed by atoms with Gasteiger partial charge in [0.25, 0.3) is 0 Å². The first-order chi connectivity index (χ1) is 11.3. The van der Waals surface area contributed by atoms with E-state index in [1.54, 1.807) is 6.92 Å². The number of nitrogens with one attached hydrogen (secondary N) is 2. The van der Waals surface area contributed by atoms with Gasteiger partial charge in [-0.05, 0) is 31.4 Å². The number of nitrogens with zero attached hydrogens (tertiary/aromatic N) is 1. The van der Waals surface area contributed by atoms with Gasteiger partial charge in [0, 0.05) is 25.2 Å². The number of urea groups is 1. The van der Waals surface area contributed by atoms with Crippen molar-refractivity contribution in [2.75, 3.05) is 24.2 Å². The topological polar surface area (TPSA) is 78.5 Å². The van der Waals surface area contributed by atoms with E-state index >= 15 is 0 Å². The fourth-order valence-electron chi connectivity index (χ4n) is 2.57. The molecule has 2 amide bonds. The first kappa shape index (κ1) is 18.6. The SMILES string of the molecule is CCCS(=O)(=O)NC1CCN(C(=O)Nc2ccc(F)cc2F)CC1. The first-order valence-corrected chi connectivity index (χ1v) is 9.47. The normalized spacial score (nSPS) is 16.2. The number of benzene rings is 1. The van der Waals surface area contributed by atoms with Gasteiger partial charge in [-0.15, -0.1) is 0 Å². The molecule has 0 spiro atoms. The molecule has 1 aromatic carbocycles. The number of hydrogen-bond donors (Lipinski definition) is 2. The van der Waals surface area contributed by atoms with Crippen LogP contribution in [0, 0.1) is 11.6 Å². The van der Waals surface area contributed by atoms with Crippen molar-refractivity contribution < 1.29 is 22.0 Å². The van der Waals surface area contributed by atoms with Crippen LogP contribution in [0.5, 0.6) is 0 Å². The third kappa shape index (κ3) is 5.13. The van der Waals surface area contributed by atoms with Crippen LogP contribution in [-0.2, 0) is 10.0 Å². The second-order valence-corrected chi connectivity index (χ2v) is 7.63. The van der Waals surface area contributed by atoms with Crippen molar-refractivity contribution in [3.05, 3.63) is 29.8 Å². The van der Waals surface area contributed by atoms with Crippen molar-refractivity contribution in [2.24, 2.45) is 0 Å². The van der Waals surface area contributed by atoms with Crippen molar-refractivity contribution in [2.45, 2.75) is 32.2 Å². The van der Waals surface area contributed by atoms with Gasteiger partial charge in [-0.3, -0.25) is 0 Å². The molecule has 0 aromatic heterocycles. The highest BCUT2D eigenvalue weighted by atomic mass is 32.2. The zero-order valence-electron chi connectivity index (χ0n) is 13.4. The van der Waals surface area contributed by atoms with Gasteiger partial charge in [-0.25, -0.2) is 26.7 Å². The number of piperidine rings is 1. The molecule has 1 heterocycles. The summed E-state index contributed by atoms with van der Waals surface area (Å²) >= 11 is 0. The number of likely N-dealkylation sites (tertiary alicyclic amines) is 1. The second-order valence-electron chi connectivity index (χ2n) is 5.75. The molecule has 0 saturated carbocycles. The molecule has 1 fully saturated rings. The number of halogens is 2. The first-order valence-electron chi connectivity index (χ1n) is 7.81. The van der Waals surface area contributed by atoms with Crippen LogP contribution < -0.4 is 10.0 Å². The molecular formula is C15H21F2N3O3S. The highest BCUT2D eigenvalue weighted by Gasteiger charge is 2.26. The maximum atomic E-state index is 13.5. The molecule has 6 nitrogen and oxygen atoms in total. The van der Waals surface area contributed by atoms with Gasteiger partial charge in [-0.2, -0.15) is 0 Å². The van der Waals surface area contributed by atoms with E-state index in [0.29, 0.717) is 38.4 Å². The predicted octanol–water partition coefficient (Wildman–Crippen LogP) is 2.29. The van der Waals surface area contributed by atoms with Crippen molar-refractivity contribution in [3.63, 3.8) is 0 Å². The van der Waals surface area contributed by atoms with Crippen molar-refractivity contribution in [1.29, 1.82) is 0 Å². The van der Waals surface area contributed by atoms with Crippen molar-refractivity contribution in [3.8, 4) is 0 Å². The van der Waals surface area contributed by atoms with Crippen LogP contribution in [0.4, 0.5) is 19.3 Å². The fraction of sp³-hybridized carbons (Fsp3) is 0.533. The van der Waals surface area contributed by atoms with E-state index < -0.39 is 27.7 Å². The molecule has 134 valence electrons. The van der Waals surface area contributed by atoms with Crippen LogP contribution >= 0.6 is 0 Å². The highest BCUT2D eigenvalue weighted by molar-refractivity contribution is 7.89. The zero-order valence-corrected chi connectivity index (χ0v) is 14.2. The van der Waals surface area contributed by atoms with E-state index in [1.165, 1.54) is 4.90 Å². The summed E-state index contributed by atoms with van der Waals surface area (Å²) in [5.41, 5.74) is -0.0906. The minimum atomic E-state index is -3.28. The Morgan fingerprint density at radius 3 is 2.54 bits per heavy atom. The molecule has 0 atom stereocenters. The summed E-state index contributed by atoms with van der Waals surface area (Å²) in [7, 11) is -3.28. The number of sulfonamides is 1. The van der Waals surface area contributed by atoms with Crippen molar-refractivity contribution >= 4 is 21.7 Å². The smallest absolute Gasteiger partial charge is 0.321 e. The maximum absolute atomic E-state index is 13.5. The van der Waals surface area contributed by atoms with Gasteiger partial charge >= 0.3 is 6.03 Å². The Bertz CT molecular complexity index is 689. The van der Waals surface area contributed by atoms with Crippen LogP contribution in [-0.4, -0.2) is 44.2 Å². The zero-order chi connectivity index (χ0) is 17.7. The van der Waals surface area contributed by atoms with E-state index in [-0.39, 0.29) is 17.5 Å². The largest absolute Gasteiger partial charge is 0.324 e. The lowest BCUT2D eigenvalue weighted by Crippen LogP contribution is -2.48. The van der Waals surface area contributed by atoms with Crippen LogP contribution in [0.2, 0.25) is 0 Å². The summed E-state index contributed by atoms with van der Waals surface area (Å²) < 4.78 is 52.5. The van der Waals surface area contributed by atoms with E-state index in [0.717, 1.165) is 12.1 Å². The molecule has 2 rings (SSSR count). The summed E-state index contributed by atoms with van der Waals surface area (Å²) in [6, 6.07) is 2.23. The molecule has 0 radical (unpaired) electrons. The number of anilines is 1. The minimum absolute atomic E-state index is 0.0809. The molecular weight excluding hydrogens is 340 g/mol. The van der Waals surface area contributed by atoms with Gasteiger partial charge < -0.3 is 10.2 Å². The Balaban J connectivity index is 1.86. The van der Waals surface area contributed by atoms with Gasteiger partial charge in [0.2, 0.25) is 10.0 Å². The van der Waals surface area contributed by atoms with Gasteiger partial charge in [0.05, 0.1) is 11.4 Å². The van der Waals surface area contributed by atoms with Crippen molar-refractivity contribution in [1.82, 2.24) is 9.62 Å². The lowest BCUT2D eigenvalue weighted by molar-refractivity contribution is 0.193. The van der Waals surface area contributed by atoms with Crippen LogP contribution in [0.3, 0.4) is 0 Å². The molecule has 1 aliphatic heterocycles. The number of hydrogen-bond acceptors (Lipinski definition) is 3. The van der Waals surface area contributed by atoms with Crippen LogP contribution in [0.25, 0.3) is 0 Å². The van der Waals surface area contributed by atoms with Crippen LogP contribution in [0.15, 0.2) is 18.2 Å². The van der Waals surface area contributed by atoms with Gasteiger partial charge in [0.15, 0.2) is 0 Å². The third-order valence-electron chi connectivity index (χ3n) is 3.77. The van der Waals surface area contributed by atoms with Crippen LogP contribution in [0.1, 0.15) is 26.2 Å². The molecule has 24 heavy (non-hydrogen) atoms. The van der Waals surface area contributed by atoms with E-state index in [2.05, 4.69) is 10.0 Å². The van der Waals surface area contributed by atoms with E-state index in [4.69, 9.17) is 0 Å². The summed E-state index contributed by atoms with van der Waals surface area (Å²) in [6.07, 6.45) is 1.52. The molecule has 2 N–H and O–H groups in total. The van der Waals surface area contributed by atoms with Gasteiger partial charge in [0.1, 0.15) is 11.6 Å². The maximum Gasteiger partial charge on any atom is 0.321 e. The molecule has 1 saturated heterocycles. The fourth-order valence-corrected chi connectivity index (χ4v) is 3.97. The highest BCUT2D eigenvalue weighted by Crippen LogP contribution is 2.17. The quantitative estimate of drug-likeness (QED) is 0.845. The lowest BCUT2D eigenvalue weighted by atomic mass is 10.1. The number of amides is 2. The Morgan fingerprint density at radius 2 is 1.96 bits per heavy atom. The number of carbonyl (C=O) groups is 1. The molecule has 9 heteroatoms. The molecule has 0 unspecified atom stereocenters. The standard InChI is InChI=1S/C15H21F2N3O3S/c1-2-9-24(22,23)19-12-5-7-20(8-6-12)15(21)18-14-4-3-11(16)10-13(14)17/h3-4,10,12,19H,2,5-9H2,1H3,(H,18,21). The minimum Gasteiger partial charge on any atom is -0.324 e.